The van der Waals surface area contributed by atoms with E-state index in [9.17, 15) is 9.90 Å². The molecule has 3 N–H and O–H groups in total. The molecule has 0 fully saturated rings. The fourth-order valence-corrected chi connectivity index (χ4v) is 3.15. The van der Waals surface area contributed by atoms with Gasteiger partial charge in [-0.2, -0.15) is 5.10 Å². The number of aromatic amines is 1. The van der Waals surface area contributed by atoms with E-state index in [4.69, 9.17) is 17.0 Å². The van der Waals surface area contributed by atoms with Crippen molar-refractivity contribution in [3.8, 4) is 28.6 Å². The van der Waals surface area contributed by atoms with Gasteiger partial charge in [0, 0.05) is 0 Å². The smallest absolute Gasteiger partial charge is 0.262 e. The van der Waals surface area contributed by atoms with Gasteiger partial charge in [-0.15, -0.1) is 0 Å². The summed E-state index contributed by atoms with van der Waals surface area (Å²) < 4.78 is 7.48. The number of H-pyrrole nitrogens is 1. The number of amides is 1. The summed E-state index contributed by atoms with van der Waals surface area (Å²) in [4.78, 5) is 11.6. The van der Waals surface area contributed by atoms with E-state index in [0.29, 0.717) is 33.3 Å². The monoisotopic (exact) mass is 368 g/mol. The number of fused-ring (bicyclic) bond motifs is 1. The number of aromatic nitrogens is 3. The van der Waals surface area contributed by atoms with Gasteiger partial charge in [0.1, 0.15) is 11.5 Å². The van der Waals surface area contributed by atoms with Gasteiger partial charge < -0.3 is 15.2 Å². The Morgan fingerprint density at radius 2 is 2.15 bits per heavy atom. The van der Waals surface area contributed by atoms with Crippen LogP contribution in [0.1, 0.15) is 12.5 Å². The van der Waals surface area contributed by atoms with Gasteiger partial charge in [0.25, 0.3) is 5.91 Å². The van der Waals surface area contributed by atoms with Crippen molar-refractivity contribution in [3.05, 3.63) is 46.7 Å². The standard InChI is InChI=1S/C18H16N4O3S/c1-2-10-3-5-14(23)12(7-10)17-20-21-18(26)22(17)11-4-6-15-13(8-11)19-16(24)9-25-15/h3-8,23H,2,9H2,1H3,(H,19,24)(H,21,26). The summed E-state index contributed by atoms with van der Waals surface area (Å²) in [6, 6.07) is 10.8. The molecule has 4 rings (SSSR count). The molecule has 0 aliphatic carbocycles. The van der Waals surface area contributed by atoms with Crippen LogP contribution >= 0.6 is 12.2 Å². The van der Waals surface area contributed by atoms with E-state index in [1.54, 1.807) is 22.8 Å². The Balaban J connectivity index is 1.87. The molecule has 0 bridgehead atoms. The summed E-state index contributed by atoms with van der Waals surface area (Å²) in [7, 11) is 0. The molecule has 8 heteroatoms. The number of nitrogens with zero attached hydrogens (tertiary/aromatic N) is 2. The SMILES string of the molecule is CCc1ccc(O)c(-c2n[nH]c(=S)n2-c2ccc3c(c2)NC(=O)CO3)c1. The molecular formula is C18H16N4O3S. The average molecular weight is 368 g/mol. The number of carbonyl (C=O) groups is 1. The number of ether oxygens (including phenoxy) is 1. The number of aryl methyl sites for hydroxylation is 1. The highest BCUT2D eigenvalue weighted by Crippen LogP contribution is 2.34. The molecule has 0 spiro atoms. The second kappa shape index (κ2) is 6.30. The van der Waals surface area contributed by atoms with Crippen molar-refractivity contribution in [1.29, 1.82) is 0 Å². The van der Waals surface area contributed by atoms with E-state index in [0.717, 1.165) is 12.0 Å². The third-order valence-electron chi connectivity index (χ3n) is 4.24. The number of phenols is 1. The van der Waals surface area contributed by atoms with Crippen LogP contribution < -0.4 is 10.1 Å². The predicted octanol–water partition coefficient (Wildman–Crippen LogP) is 3.20. The third kappa shape index (κ3) is 2.74. The van der Waals surface area contributed by atoms with Crippen LogP contribution in [0, 0.1) is 4.77 Å². The number of carbonyl (C=O) groups excluding carboxylic acids is 1. The van der Waals surface area contributed by atoms with Crippen molar-refractivity contribution >= 4 is 23.8 Å². The molecule has 132 valence electrons. The van der Waals surface area contributed by atoms with Crippen LogP contribution in [-0.4, -0.2) is 32.4 Å². The molecule has 1 aliphatic heterocycles. The lowest BCUT2D eigenvalue weighted by Gasteiger charge is -2.19. The predicted molar refractivity (Wildman–Crippen MR) is 99.4 cm³/mol. The number of anilines is 1. The lowest BCUT2D eigenvalue weighted by molar-refractivity contribution is -0.118. The Hall–Kier alpha value is -3.13. The molecule has 0 saturated carbocycles. The Labute approximate surface area is 154 Å². The summed E-state index contributed by atoms with van der Waals surface area (Å²) in [6.07, 6.45) is 0.834. The largest absolute Gasteiger partial charge is 0.507 e. The maximum absolute atomic E-state index is 11.6. The average Bonchev–Trinajstić information content (AvgIpc) is 3.02. The van der Waals surface area contributed by atoms with Crippen molar-refractivity contribution in [1.82, 2.24) is 14.8 Å². The zero-order valence-electron chi connectivity index (χ0n) is 13.9. The Kier molecular flexibility index (Phi) is 3.96. The van der Waals surface area contributed by atoms with Gasteiger partial charge in [-0.3, -0.25) is 14.5 Å². The van der Waals surface area contributed by atoms with Gasteiger partial charge in [0.15, 0.2) is 17.2 Å². The van der Waals surface area contributed by atoms with Crippen molar-refractivity contribution in [2.24, 2.45) is 0 Å². The van der Waals surface area contributed by atoms with Crippen LogP contribution in [0.25, 0.3) is 17.1 Å². The van der Waals surface area contributed by atoms with E-state index in [2.05, 4.69) is 15.5 Å². The normalized spacial score (nSPS) is 13.0. The molecule has 1 aliphatic rings. The third-order valence-corrected chi connectivity index (χ3v) is 4.51. The summed E-state index contributed by atoms with van der Waals surface area (Å²) >= 11 is 5.38. The summed E-state index contributed by atoms with van der Waals surface area (Å²) in [5, 5.41) is 20.2. The van der Waals surface area contributed by atoms with Crippen molar-refractivity contribution in [3.63, 3.8) is 0 Å². The van der Waals surface area contributed by atoms with Gasteiger partial charge >= 0.3 is 0 Å². The minimum Gasteiger partial charge on any atom is -0.507 e. The molecule has 7 nitrogen and oxygen atoms in total. The topological polar surface area (TPSA) is 92.2 Å². The van der Waals surface area contributed by atoms with Crippen molar-refractivity contribution in [2.45, 2.75) is 13.3 Å². The van der Waals surface area contributed by atoms with Crippen LogP contribution in [0.4, 0.5) is 5.69 Å². The second-order valence-electron chi connectivity index (χ2n) is 5.91. The fraction of sp³-hybridized carbons (Fsp3) is 0.167. The van der Waals surface area contributed by atoms with Crippen molar-refractivity contribution < 1.29 is 14.6 Å². The second-order valence-corrected chi connectivity index (χ2v) is 6.30. The number of nitrogens with one attached hydrogen (secondary N) is 2. The minimum atomic E-state index is -0.209. The number of rotatable bonds is 3. The molecule has 0 radical (unpaired) electrons. The Bertz CT molecular complexity index is 1070. The first-order valence-corrected chi connectivity index (χ1v) is 8.54. The molecule has 0 unspecified atom stereocenters. The highest BCUT2D eigenvalue weighted by Gasteiger charge is 2.19. The Morgan fingerprint density at radius 3 is 2.96 bits per heavy atom. The van der Waals surface area contributed by atoms with Crippen molar-refractivity contribution in [2.75, 3.05) is 11.9 Å². The molecule has 1 aromatic heterocycles. The van der Waals surface area contributed by atoms with E-state index in [-0.39, 0.29) is 18.3 Å². The lowest BCUT2D eigenvalue weighted by atomic mass is 10.1. The molecule has 3 aromatic rings. The van der Waals surface area contributed by atoms with Gasteiger partial charge in [0.2, 0.25) is 0 Å². The number of hydrogen-bond acceptors (Lipinski definition) is 5. The first-order chi connectivity index (χ1) is 12.6. The minimum absolute atomic E-state index is 0.000416. The van der Waals surface area contributed by atoms with Crippen LogP contribution in [0.15, 0.2) is 36.4 Å². The number of aromatic hydroxyl groups is 1. The van der Waals surface area contributed by atoms with Gasteiger partial charge in [-0.05, 0) is 54.5 Å². The van der Waals surface area contributed by atoms with Crippen LogP contribution in [0.5, 0.6) is 11.5 Å². The highest BCUT2D eigenvalue weighted by atomic mass is 32.1. The quantitative estimate of drug-likeness (QED) is 0.618. The molecule has 0 atom stereocenters. The summed E-state index contributed by atoms with van der Waals surface area (Å²) in [5.41, 5.74) is 2.92. The van der Waals surface area contributed by atoms with Crippen LogP contribution in [0.3, 0.4) is 0 Å². The zero-order chi connectivity index (χ0) is 18.3. The highest BCUT2D eigenvalue weighted by molar-refractivity contribution is 7.71. The van der Waals surface area contributed by atoms with Crippen LogP contribution in [0.2, 0.25) is 0 Å². The number of phenolic OH excluding ortho intramolecular Hbond substituents is 1. The molecule has 0 saturated heterocycles. The molecular weight excluding hydrogens is 352 g/mol. The molecule has 26 heavy (non-hydrogen) atoms. The lowest BCUT2D eigenvalue weighted by Crippen LogP contribution is -2.25. The fourth-order valence-electron chi connectivity index (χ4n) is 2.91. The zero-order valence-corrected chi connectivity index (χ0v) is 14.8. The Morgan fingerprint density at radius 1 is 1.31 bits per heavy atom. The van der Waals surface area contributed by atoms with Gasteiger partial charge in [-0.1, -0.05) is 13.0 Å². The van der Waals surface area contributed by atoms with Gasteiger partial charge in [0.05, 0.1) is 16.9 Å². The maximum Gasteiger partial charge on any atom is 0.262 e. The van der Waals surface area contributed by atoms with E-state index in [1.165, 1.54) is 0 Å². The number of hydrogen-bond donors (Lipinski definition) is 3. The number of benzene rings is 2. The van der Waals surface area contributed by atoms with E-state index < -0.39 is 0 Å². The molecule has 2 heterocycles. The van der Waals surface area contributed by atoms with E-state index in [1.807, 2.05) is 25.1 Å². The first kappa shape index (κ1) is 16.3. The summed E-state index contributed by atoms with van der Waals surface area (Å²) in [5.74, 6) is 0.998. The molecule has 1 amide bonds. The van der Waals surface area contributed by atoms with Gasteiger partial charge in [-0.25, -0.2) is 0 Å². The first-order valence-electron chi connectivity index (χ1n) is 8.13. The van der Waals surface area contributed by atoms with Crippen LogP contribution in [-0.2, 0) is 11.2 Å². The van der Waals surface area contributed by atoms with E-state index >= 15 is 0 Å². The summed E-state index contributed by atoms with van der Waals surface area (Å²) in [6.45, 7) is 2.04. The molecule has 2 aromatic carbocycles. The maximum atomic E-state index is 11.6.